The Hall–Kier alpha value is -3.00. The number of aldehydes is 2. The number of ether oxygens (including phenoxy) is 4. The van der Waals surface area contributed by atoms with Crippen molar-refractivity contribution in [2.24, 2.45) is 0 Å². The normalized spacial score (nSPS) is 11.6. The topological polar surface area (TPSA) is 167 Å². The van der Waals surface area contributed by atoms with Crippen molar-refractivity contribution in [3.63, 3.8) is 0 Å². The summed E-state index contributed by atoms with van der Waals surface area (Å²) in [6, 6.07) is -0.804. The van der Waals surface area contributed by atoms with Gasteiger partial charge in [0.05, 0.1) is 58.9 Å². The highest BCUT2D eigenvalue weighted by atomic mass is 16.6. The van der Waals surface area contributed by atoms with Crippen LogP contribution >= 0.6 is 0 Å². The molecule has 0 rings (SSSR count). The maximum atomic E-state index is 11.7. The van der Waals surface area contributed by atoms with Crippen LogP contribution in [0.15, 0.2) is 12.2 Å². The number of amides is 4. The molecule has 0 aliphatic rings. The molecule has 198 valence electrons. The zero-order valence-electron chi connectivity index (χ0n) is 20.0. The van der Waals surface area contributed by atoms with E-state index in [1.807, 2.05) is 0 Å². The van der Waals surface area contributed by atoms with Crippen molar-refractivity contribution in [1.82, 2.24) is 15.5 Å². The summed E-state index contributed by atoms with van der Waals surface area (Å²) in [5.41, 5.74) is 0. The Bertz CT molecular complexity index is 672. The lowest BCUT2D eigenvalue weighted by atomic mass is 10.2. The monoisotopic (exact) mass is 501 g/mol. The molecule has 0 aliphatic carbocycles. The molecule has 0 aromatic carbocycles. The fourth-order valence-corrected chi connectivity index (χ4v) is 2.34. The van der Waals surface area contributed by atoms with Gasteiger partial charge in [-0.05, 0) is 13.0 Å². The van der Waals surface area contributed by atoms with Crippen LogP contribution in [-0.4, -0.2) is 114 Å². The van der Waals surface area contributed by atoms with Crippen LogP contribution in [0.25, 0.3) is 0 Å². The first-order valence-electron chi connectivity index (χ1n) is 11.1. The Morgan fingerprint density at radius 3 is 1.91 bits per heavy atom. The summed E-state index contributed by atoms with van der Waals surface area (Å²) in [6.45, 7) is 3.89. The highest BCUT2D eigenvalue weighted by Crippen LogP contribution is 1.90. The van der Waals surface area contributed by atoms with Crippen molar-refractivity contribution in [2.75, 3.05) is 65.9 Å². The van der Waals surface area contributed by atoms with E-state index in [0.717, 1.165) is 4.90 Å². The third-order valence-corrected chi connectivity index (χ3v) is 4.05. The second-order valence-electron chi connectivity index (χ2n) is 6.83. The van der Waals surface area contributed by atoms with Gasteiger partial charge in [0.1, 0.15) is 19.1 Å². The lowest BCUT2D eigenvalue weighted by Gasteiger charge is -2.13. The van der Waals surface area contributed by atoms with Gasteiger partial charge in [0.2, 0.25) is 18.2 Å². The predicted octanol–water partition coefficient (Wildman–Crippen LogP) is -1.61. The Morgan fingerprint density at radius 2 is 1.40 bits per heavy atom. The Labute approximate surface area is 204 Å². The SMILES string of the molecule is C/C=C\C(=O)N(C=O)CC(=O)NCCOCCOCCOCCOCCC(=O)NC(C=O)CC=O. The Balaban J connectivity index is 3.48. The fourth-order valence-electron chi connectivity index (χ4n) is 2.34. The van der Waals surface area contributed by atoms with Crippen molar-refractivity contribution in [3.05, 3.63) is 12.2 Å². The van der Waals surface area contributed by atoms with Crippen LogP contribution in [0.2, 0.25) is 0 Å². The predicted molar refractivity (Wildman–Crippen MR) is 122 cm³/mol. The Morgan fingerprint density at radius 1 is 0.829 bits per heavy atom. The minimum atomic E-state index is -0.804. The summed E-state index contributed by atoms with van der Waals surface area (Å²) in [5, 5.41) is 4.96. The number of rotatable bonds is 23. The van der Waals surface area contributed by atoms with Gasteiger partial charge >= 0.3 is 0 Å². The molecule has 4 amide bonds. The van der Waals surface area contributed by atoms with E-state index in [9.17, 15) is 28.8 Å². The average molecular weight is 502 g/mol. The van der Waals surface area contributed by atoms with E-state index in [0.29, 0.717) is 58.6 Å². The van der Waals surface area contributed by atoms with E-state index in [4.69, 9.17) is 18.9 Å². The molecular weight excluding hydrogens is 466 g/mol. The molecule has 0 saturated heterocycles. The number of allylic oxidation sites excluding steroid dienone is 1. The van der Waals surface area contributed by atoms with Crippen LogP contribution in [0.1, 0.15) is 19.8 Å². The molecule has 35 heavy (non-hydrogen) atoms. The molecule has 1 unspecified atom stereocenters. The van der Waals surface area contributed by atoms with Gasteiger partial charge in [0.25, 0.3) is 5.91 Å². The Kier molecular flexibility index (Phi) is 20.8. The van der Waals surface area contributed by atoms with E-state index < -0.39 is 17.9 Å². The summed E-state index contributed by atoms with van der Waals surface area (Å²) in [4.78, 5) is 67.4. The number of imide groups is 1. The van der Waals surface area contributed by atoms with Gasteiger partial charge in [-0.25, -0.2) is 0 Å². The highest BCUT2D eigenvalue weighted by Gasteiger charge is 2.13. The zero-order chi connectivity index (χ0) is 26.2. The number of hydrogen-bond acceptors (Lipinski definition) is 10. The van der Waals surface area contributed by atoms with Crippen molar-refractivity contribution in [1.29, 1.82) is 0 Å². The van der Waals surface area contributed by atoms with Crippen LogP contribution in [-0.2, 0) is 47.7 Å². The van der Waals surface area contributed by atoms with Crippen LogP contribution in [0.5, 0.6) is 0 Å². The van der Waals surface area contributed by atoms with Crippen LogP contribution in [0.3, 0.4) is 0 Å². The number of carbonyl (C=O) groups is 6. The molecule has 13 nitrogen and oxygen atoms in total. The molecule has 0 spiro atoms. The number of nitrogens with one attached hydrogen (secondary N) is 2. The molecule has 1 atom stereocenters. The molecule has 0 saturated carbocycles. The third kappa shape index (κ3) is 19.0. The maximum Gasteiger partial charge on any atom is 0.253 e. The van der Waals surface area contributed by atoms with Crippen LogP contribution < -0.4 is 10.6 Å². The summed E-state index contributed by atoms with van der Waals surface area (Å²) >= 11 is 0. The van der Waals surface area contributed by atoms with Crippen molar-refractivity contribution >= 4 is 36.7 Å². The van der Waals surface area contributed by atoms with E-state index >= 15 is 0 Å². The van der Waals surface area contributed by atoms with E-state index in [1.54, 1.807) is 6.92 Å². The van der Waals surface area contributed by atoms with E-state index in [-0.39, 0.29) is 45.1 Å². The molecular formula is C22H35N3O10. The van der Waals surface area contributed by atoms with Crippen molar-refractivity contribution < 1.29 is 47.7 Å². The molecule has 0 bridgehead atoms. The first kappa shape index (κ1) is 32.0. The summed E-state index contributed by atoms with van der Waals surface area (Å²) in [6.07, 6.45) is 4.08. The highest BCUT2D eigenvalue weighted by molar-refractivity contribution is 5.97. The van der Waals surface area contributed by atoms with E-state index in [2.05, 4.69) is 10.6 Å². The summed E-state index contributed by atoms with van der Waals surface area (Å²) in [7, 11) is 0. The smallest absolute Gasteiger partial charge is 0.253 e. The standard InChI is InChI=1S/C22H35N3O10/c1-2-3-22(31)25(18-28)16-21(30)23-6-9-33-11-13-35-15-14-34-12-10-32-8-5-20(29)24-19(17-27)4-7-26/h2-3,7,17-19H,4-6,8-16H2,1H3,(H,23,30)(H,24,29)/b3-2-. The molecule has 0 heterocycles. The second-order valence-corrected chi connectivity index (χ2v) is 6.83. The van der Waals surface area contributed by atoms with Gasteiger partial charge in [-0.15, -0.1) is 0 Å². The quantitative estimate of drug-likeness (QED) is 0.0945. The van der Waals surface area contributed by atoms with Gasteiger partial charge in [-0.1, -0.05) is 6.08 Å². The van der Waals surface area contributed by atoms with Crippen molar-refractivity contribution in [3.8, 4) is 0 Å². The second kappa shape index (κ2) is 22.8. The molecule has 13 heteroatoms. The molecule has 0 fully saturated rings. The molecule has 0 radical (unpaired) electrons. The lowest BCUT2D eigenvalue weighted by Crippen LogP contribution is -2.40. The van der Waals surface area contributed by atoms with E-state index in [1.165, 1.54) is 12.2 Å². The summed E-state index contributed by atoms with van der Waals surface area (Å²) < 4.78 is 21.2. The van der Waals surface area contributed by atoms with Crippen LogP contribution in [0, 0.1) is 0 Å². The number of hydrogen-bond donors (Lipinski definition) is 2. The largest absolute Gasteiger partial charge is 0.379 e. The van der Waals surface area contributed by atoms with Crippen LogP contribution in [0.4, 0.5) is 0 Å². The minimum absolute atomic E-state index is 0.0552. The zero-order valence-corrected chi connectivity index (χ0v) is 20.0. The molecule has 0 aromatic rings. The average Bonchev–Trinajstić information content (AvgIpc) is 2.84. The lowest BCUT2D eigenvalue weighted by molar-refractivity contribution is -0.139. The molecule has 2 N–H and O–H groups in total. The van der Waals surface area contributed by atoms with Gasteiger partial charge in [0.15, 0.2) is 0 Å². The first-order valence-corrected chi connectivity index (χ1v) is 11.1. The fraction of sp³-hybridized carbons (Fsp3) is 0.636. The number of carbonyl (C=O) groups excluding carboxylic acids is 6. The first-order chi connectivity index (χ1) is 17.0. The van der Waals surface area contributed by atoms with Gasteiger partial charge in [0, 0.05) is 19.4 Å². The maximum absolute atomic E-state index is 11.7. The molecule has 0 aliphatic heterocycles. The van der Waals surface area contributed by atoms with Gasteiger partial charge in [-0.2, -0.15) is 0 Å². The minimum Gasteiger partial charge on any atom is -0.379 e. The molecule has 0 aromatic heterocycles. The van der Waals surface area contributed by atoms with Gasteiger partial charge < -0.3 is 39.2 Å². The summed E-state index contributed by atoms with van der Waals surface area (Å²) in [5.74, 6) is -1.41. The van der Waals surface area contributed by atoms with Gasteiger partial charge in [-0.3, -0.25) is 24.1 Å². The third-order valence-electron chi connectivity index (χ3n) is 4.05. The van der Waals surface area contributed by atoms with Crippen molar-refractivity contribution in [2.45, 2.75) is 25.8 Å². The number of nitrogens with zero attached hydrogens (tertiary/aromatic N) is 1.